The van der Waals surface area contributed by atoms with Gasteiger partial charge in [-0.1, -0.05) is 5.16 Å². The van der Waals surface area contributed by atoms with Crippen molar-refractivity contribution in [3.63, 3.8) is 0 Å². The van der Waals surface area contributed by atoms with Crippen molar-refractivity contribution in [2.45, 2.75) is 26.8 Å². The molecule has 0 N–H and O–H groups in total. The van der Waals surface area contributed by atoms with Gasteiger partial charge in [-0.05, 0) is 26.0 Å². The first-order valence-electron chi connectivity index (χ1n) is 6.27. The number of esters is 1. The third-order valence-electron chi connectivity index (χ3n) is 2.64. The van der Waals surface area contributed by atoms with Crippen molar-refractivity contribution < 1.29 is 14.1 Å². The molecule has 0 fully saturated rings. The summed E-state index contributed by atoms with van der Waals surface area (Å²) in [5.41, 5.74) is 0.0393. The maximum Gasteiger partial charge on any atom is 0.307 e. The van der Waals surface area contributed by atoms with E-state index in [2.05, 4.69) is 10.1 Å². The van der Waals surface area contributed by atoms with Crippen LogP contribution in [0.4, 0.5) is 0 Å². The average Bonchev–Trinajstić information content (AvgIpc) is 2.84. The van der Waals surface area contributed by atoms with Crippen LogP contribution >= 0.6 is 0 Å². The van der Waals surface area contributed by atoms with E-state index in [0.29, 0.717) is 18.0 Å². The maximum absolute atomic E-state index is 12.2. The zero-order valence-electron chi connectivity index (χ0n) is 11.3. The highest BCUT2D eigenvalue weighted by atomic mass is 16.5. The van der Waals surface area contributed by atoms with E-state index in [4.69, 9.17) is 9.26 Å². The number of nitrogens with zero attached hydrogens (tertiary/aromatic N) is 3. The number of carbonyl (C=O) groups is 1. The Morgan fingerprint density at radius 2 is 2.30 bits per heavy atom. The molecular formula is C13H15N3O4. The summed E-state index contributed by atoms with van der Waals surface area (Å²) in [7, 11) is 0. The minimum Gasteiger partial charge on any atom is -0.466 e. The minimum absolute atomic E-state index is 0.139. The molecule has 106 valence electrons. The van der Waals surface area contributed by atoms with Crippen molar-refractivity contribution in [2.24, 2.45) is 0 Å². The van der Waals surface area contributed by atoms with E-state index in [1.165, 1.54) is 4.57 Å². The Kier molecular flexibility index (Phi) is 4.29. The van der Waals surface area contributed by atoms with Gasteiger partial charge in [-0.2, -0.15) is 4.98 Å². The summed E-state index contributed by atoms with van der Waals surface area (Å²) < 4.78 is 11.2. The number of ether oxygens (including phenoxy) is 1. The molecule has 0 aromatic carbocycles. The van der Waals surface area contributed by atoms with Crippen LogP contribution in [-0.2, 0) is 16.1 Å². The van der Waals surface area contributed by atoms with Crippen molar-refractivity contribution in [2.75, 3.05) is 6.61 Å². The second kappa shape index (κ2) is 6.14. The number of rotatable bonds is 5. The second-order valence-corrected chi connectivity index (χ2v) is 4.12. The van der Waals surface area contributed by atoms with E-state index in [9.17, 15) is 9.59 Å². The Morgan fingerprint density at radius 1 is 1.50 bits per heavy atom. The van der Waals surface area contributed by atoms with E-state index in [-0.39, 0.29) is 30.4 Å². The van der Waals surface area contributed by atoms with Gasteiger partial charge in [0.25, 0.3) is 11.4 Å². The zero-order chi connectivity index (χ0) is 14.5. The highest BCUT2D eigenvalue weighted by Crippen LogP contribution is 2.11. The van der Waals surface area contributed by atoms with Gasteiger partial charge in [0.2, 0.25) is 0 Å². The summed E-state index contributed by atoms with van der Waals surface area (Å²) in [5, 5.41) is 3.65. The monoisotopic (exact) mass is 277 g/mol. The molecular weight excluding hydrogens is 262 g/mol. The van der Waals surface area contributed by atoms with Crippen LogP contribution in [0, 0.1) is 6.92 Å². The van der Waals surface area contributed by atoms with Crippen molar-refractivity contribution >= 4 is 5.97 Å². The van der Waals surface area contributed by atoms with E-state index in [1.807, 2.05) is 0 Å². The summed E-state index contributed by atoms with van der Waals surface area (Å²) >= 11 is 0. The fourth-order valence-electron chi connectivity index (χ4n) is 1.73. The molecule has 2 rings (SSSR count). The molecule has 0 amide bonds. The zero-order valence-corrected chi connectivity index (χ0v) is 11.3. The lowest BCUT2D eigenvalue weighted by Crippen LogP contribution is -2.22. The van der Waals surface area contributed by atoms with Crippen molar-refractivity contribution in [1.82, 2.24) is 14.7 Å². The number of pyridine rings is 1. The number of hydrogen-bond donors (Lipinski definition) is 0. The lowest BCUT2D eigenvalue weighted by atomic mass is 10.2. The topological polar surface area (TPSA) is 87.2 Å². The van der Waals surface area contributed by atoms with Crippen LogP contribution in [-0.4, -0.2) is 27.3 Å². The van der Waals surface area contributed by atoms with Gasteiger partial charge in [-0.3, -0.25) is 9.59 Å². The standard InChI is InChI=1S/C13H15N3O4/c1-3-19-11(17)6-8-16-7-4-5-10(13(16)18)12-14-9(2)15-20-12/h4-5,7H,3,6,8H2,1-2H3. The van der Waals surface area contributed by atoms with Gasteiger partial charge in [-0.15, -0.1) is 0 Å². The van der Waals surface area contributed by atoms with E-state index in [0.717, 1.165) is 0 Å². The Balaban J connectivity index is 2.20. The van der Waals surface area contributed by atoms with Crippen molar-refractivity contribution in [3.8, 4) is 11.5 Å². The van der Waals surface area contributed by atoms with Crippen molar-refractivity contribution in [3.05, 3.63) is 34.5 Å². The lowest BCUT2D eigenvalue weighted by Gasteiger charge is -2.06. The van der Waals surface area contributed by atoms with Gasteiger partial charge in [-0.25, -0.2) is 0 Å². The van der Waals surface area contributed by atoms with E-state index >= 15 is 0 Å². The molecule has 7 nitrogen and oxygen atoms in total. The SMILES string of the molecule is CCOC(=O)CCn1cccc(-c2nc(C)no2)c1=O. The molecule has 0 atom stereocenters. The third kappa shape index (κ3) is 3.11. The van der Waals surface area contributed by atoms with Gasteiger partial charge < -0.3 is 13.8 Å². The molecule has 0 aliphatic rings. The summed E-state index contributed by atoms with van der Waals surface area (Å²) in [6.07, 6.45) is 1.74. The van der Waals surface area contributed by atoms with Crippen LogP contribution < -0.4 is 5.56 Å². The first-order chi connectivity index (χ1) is 9.61. The average molecular weight is 277 g/mol. The maximum atomic E-state index is 12.2. The Labute approximate surface area is 115 Å². The second-order valence-electron chi connectivity index (χ2n) is 4.12. The van der Waals surface area contributed by atoms with Gasteiger partial charge in [0.05, 0.1) is 13.0 Å². The molecule has 0 bridgehead atoms. The molecule has 0 saturated carbocycles. The van der Waals surface area contributed by atoms with Gasteiger partial charge in [0.1, 0.15) is 5.56 Å². The summed E-state index contributed by atoms with van der Waals surface area (Å²) in [6.45, 7) is 3.99. The molecule has 7 heteroatoms. The Morgan fingerprint density at radius 3 is 2.95 bits per heavy atom. The summed E-state index contributed by atoms with van der Waals surface area (Å²) in [5.74, 6) is 0.303. The van der Waals surface area contributed by atoms with Crippen molar-refractivity contribution in [1.29, 1.82) is 0 Å². The number of aryl methyl sites for hydroxylation is 2. The van der Waals surface area contributed by atoms with E-state index in [1.54, 1.807) is 32.2 Å². The molecule has 20 heavy (non-hydrogen) atoms. The molecule has 0 radical (unpaired) electrons. The fourth-order valence-corrected chi connectivity index (χ4v) is 1.73. The van der Waals surface area contributed by atoms with Crippen LogP contribution in [0.2, 0.25) is 0 Å². The Bertz CT molecular complexity index is 660. The number of carbonyl (C=O) groups excluding carboxylic acids is 1. The fraction of sp³-hybridized carbons (Fsp3) is 0.385. The highest BCUT2D eigenvalue weighted by molar-refractivity contribution is 5.69. The third-order valence-corrected chi connectivity index (χ3v) is 2.64. The van der Waals surface area contributed by atoms with Crippen LogP contribution in [0.3, 0.4) is 0 Å². The molecule has 2 aromatic rings. The van der Waals surface area contributed by atoms with Crippen LogP contribution in [0.25, 0.3) is 11.5 Å². The predicted molar refractivity (Wildman–Crippen MR) is 70.0 cm³/mol. The summed E-state index contributed by atoms with van der Waals surface area (Å²) in [4.78, 5) is 27.6. The highest BCUT2D eigenvalue weighted by Gasteiger charge is 2.12. The van der Waals surface area contributed by atoms with Crippen LogP contribution in [0.5, 0.6) is 0 Å². The largest absolute Gasteiger partial charge is 0.466 e. The smallest absolute Gasteiger partial charge is 0.307 e. The van der Waals surface area contributed by atoms with Gasteiger partial charge in [0, 0.05) is 12.7 Å². The normalized spacial score (nSPS) is 10.5. The Hall–Kier alpha value is -2.44. The van der Waals surface area contributed by atoms with Gasteiger partial charge in [0.15, 0.2) is 5.82 Å². The molecule has 2 aromatic heterocycles. The molecule has 0 aliphatic heterocycles. The predicted octanol–water partition coefficient (Wildman–Crippen LogP) is 1.16. The molecule has 2 heterocycles. The van der Waals surface area contributed by atoms with Crippen LogP contribution in [0.15, 0.2) is 27.6 Å². The first kappa shape index (κ1) is 14.0. The van der Waals surface area contributed by atoms with E-state index < -0.39 is 0 Å². The minimum atomic E-state index is -0.335. The number of hydrogen-bond acceptors (Lipinski definition) is 6. The molecule has 0 saturated heterocycles. The molecule has 0 aliphatic carbocycles. The number of aromatic nitrogens is 3. The first-order valence-corrected chi connectivity index (χ1v) is 6.27. The molecule has 0 unspecified atom stereocenters. The quantitative estimate of drug-likeness (QED) is 0.762. The lowest BCUT2D eigenvalue weighted by molar-refractivity contribution is -0.143. The summed E-state index contributed by atoms with van der Waals surface area (Å²) in [6, 6.07) is 3.30. The van der Waals surface area contributed by atoms with Gasteiger partial charge >= 0.3 is 5.97 Å². The van der Waals surface area contributed by atoms with Crippen LogP contribution in [0.1, 0.15) is 19.2 Å². The molecule has 0 spiro atoms.